The van der Waals surface area contributed by atoms with Gasteiger partial charge in [0.1, 0.15) is 0 Å². The minimum atomic E-state index is -3.28. The number of rotatable bonds is 4. The molecule has 0 rings (SSSR count). The molecule has 0 aromatic rings. The molecule has 0 fully saturated rings. The molecule has 0 amide bonds. The summed E-state index contributed by atoms with van der Waals surface area (Å²) in [6, 6.07) is 0. The number of hydrogen-bond acceptors (Lipinski definition) is 4. The van der Waals surface area contributed by atoms with Gasteiger partial charge in [-0.05, 0) is 6.92 Å². The van der Waals surface area contributed by atoms with Crippen molar-refractivity contribution in [3.8, 4) is 0 Å². The van der Waals surface area contributed by atoms with Gasteiger partial charge in [0.25, 0.3) is 0 Å². The third-order valence-corrected chi connectivity index (χ3v) is 2.05. The Morgan fingerprint density at radius 1 is 1.30 bits per heavy atom. The molecule has 0 heterocycles. The molecular weight excluding hydrogens is 155 g/mol. The predicted octanol–water partition coefficient (Wildman–Crippen LogP) is 1.94. The summed E-state index contributed by atoms with van der Waals surface area (Å²) in [5.74, 6) is 0. The average molecular weight is 166 g/mol. The minimum absolute atomic E-state index is 1.26. The molecule has 0 aromatic carbocycles. The Balaban J connectivity index is 3.94. The van der Waals surface area contributed by atoms with E-state index in [0.29, 0.717) is 0 Å². The van der Waals surface area contributed by atoms with E-state index in [1.165, 1.54) is 20.5 Å². The summed E-state index contributed by atoms with van der Waals surface area (Å²) in [6.45, 7) is 1.73. The quantitative estimate of drug-likeness (QED) is 0.472. The summed E-state index contributed by atoms with van der Waals surface area (Å²) in [7, 11) is -0.769. The molecule has 10 heavy (non-hydrogen) atoms. The maximum Gasteiger partial charge on any atom is 0.528 e. The van der Waals surface area contributed by atoms with Crippen LogP contribution in [0, 0.1) is 0 Å². The Labute approximate surface area is 60.4 Å². The van der Waals surface area contributed by atoms with Crippen LogP contribution in [0.25, 0.3) is 0 Å². The van der Waals surface area contributed by atoms with Crippen LogP contribution in [0.2, 0.25) is 0 Å². The van der Waals surface area contributed by atoms with Gasteiger partial charge in [-0.25, -0.2) is 4.57 Å². The molecule has 0 unspecified atom stereocenters. The van der Waals surface area contributed by atoms with Gasteiger partial charge in [0.15, 0.2) is 0 Å². The van der Waals surface area contributed by atoms with Crippen molar-refractivity contribution >= 4 is 7.82 Å². The topological polar surface area (TPSA) is 44.8 Å². The molecule has 0 spiro atoms. The first kappa shape index (κ1) is 9.69. The van der Waals surface area contributed by atoms with Crippen LogP contribution in [0.15, 0.2) is 12.3 Å². The van der Waals surface area contributed by atoms with Crippen LogP contribution in [-0.4, -0.2) is 14.2 Å². The van der Waals surface area contributed by atoms with Gasteiger partial charge >= 0.3 is 7.82 Å². The van der Waals surface area contributed by atoms with Crippen LogP contribution < -0.4 is 0 Å². The van der Waals surface area contributed by atoms with Gasteiger partial charge in [-0.2, -0.15) is 0 Å². The monoisotopic (exact) mass is 166 g/mol. The maximum absolute atomic E-state index is 11.0. The number of phosphoric acid groups is 1. The van der Waals surface area contributed by atoms with Gasteiger partial charge in [-0.3, -0.25) is 9.05 Å². The zero-order valence-corrected chi connectivity index (χ0v) is 7.13. The van der Waals surface area contributed by atoms with Gasteiger partial charge in [-0.1, -0.05) is 6.08 Å². The third-order valence-electron chi connectivity index (χ3n) is 0.773. The van der Waals surface area contributed by atoms with E-state index in [1.54, 1.807) is 13.0 Å². The molecule has 0 aliphatic heterocycles. The number of hydrogen-bond donors (Lipinski definition) is 0. The second-order valence-corrected chi connectivity index (χ2v) is 3.22. The Morgan fingerprint density at radius 2 is 1.80 bits per heavy atom. The predicted molar refractivity (Wildman–Crippen MR) is 37.5 cm³/mol. The highest BCUT2D eigenvalue weighted by Gasteiger charge is 2.21. The fourth-order valence-electron chi connectivity index (χ4n) is 0.296. The van der Waals surface area contributed by atoms with Crippen LogP contribution in [0.4, 0.5) is 0 Å². The van der Waals surface area contributed by atoms with E-state index in [0.717, 1.165) is 0 Å². The van der Waals surface area contributed by atoms with Crippen molar-refractivity contribution < 1.29 is 18.1 Å². The molecule has 60 valence electrons. The van der Waals surface area contributed by atoms with Crippen molar-refractivity contribution in [3.05, 3.63) is 12.3 Å². The summed E-state index contributed by atoms with van der Waals surface area (Å²) in [5.41, 5.74) is 0. The molecule has 0 bridgehead atoms. The van der Waals surface area contributed by atoms with Crippen LogP contribution in [0.3, 0.4) is 0 Å². The summed E-state index contributed by atoms with van der Waals surface area (Å²) in [4.78, 5) is 0. The molecule has 0 atom stereocenters. The summed E-state index contributed by atoms with van der Waals surface area (Å²) in [5, 5.41) is 0. The van der Waals surface area contributed by atoms with Crippen molar-refractivity contribution in [1.82, 2.24) is 0 Å². The third kappa shape index (κ3) is 3.01. The fourth-order valence-corrected chi connectivity index (χ4v) is 0.888. The first-order valence-corrected chi connectivity index (χ1v) is 4.15. The molecule has 5 heteroatoms. The van der Waals surface area contributed by atoms with Gasteiger partial charge in [0.2, 0.25) is 0 Å². The second kappa shape index (κ2) is 4.50. The second-order valence-electron chi connectivity index (χ2n) is 1.39. The van der Waals surface area contributed by atoms with Crippen LogP contribution in [0.1, 0.15) is 6.92 Å². The molecule has 0 N–H and O–H groups in total. The lowest BCUT2D eigenvalue weighted by Gasteiger charge is -2.09. The van der Waals surface area contributed by atoms with Crippen molar-refractivity contribution in [2.75, 3.05) is 14.2 Å². The van der Waals surface area contributed by atoms with E-state index in [9.17, 15) is 4.57 Å². The van der Waals surface area contributed by atoms with E-state index >= 15 is 0 Å². The van der Waals surface area contributed by atoms with E-state index in [-0.39, 0.29) is 0 Å². The van der Waals surface area contributed by atoms with Gasteiger partial charge in [0.05, 0.1) is 6.26 Å². The fraction of sp³-hybridized carbons (Fsp3) is 0.600. The standard InChI is InChI=1S/C5H11O4P/c1-4-5-9-10(6,7-2)8-3/h4-5H,1-3H3/b5-4-. The molecule has 0 saturated heterocycles. The van der Waals surface area contributed by atoms with Crippen LogP contribution >= 0.6 is 7.82 Å². The first-order chi connectivity index (χ1) is 4.68. The Bertz CT molecular complexity index is 146. The number of phosphoric ester groups is 1. The lowest BCUT2D eigenvalue weighted by atomic mass is 10.8. The van der Waals surface area contributed by atoms with Crippen molar-refractivity contribution in [1.29, 1.82) is 0 Å². The van der Waals surface area contributed by atoms with E-state index in [4.69, 9.17) is 0 Å². The van der Waals surface area contributed by atoms with Crippen molar-refractivity contribution in [2.24, 2.45) is 0 Å². The zero-order chi connectivity index (χ0) is 8.04. The van der Waals surface area contributed by atoms with Gasteiger partial charge in [-0.15, -0.1) is 0 Å². The molecule has 0 aliphatic rings. The summed E-state index contributed by atoms with van der Waals surface area (Å²) < 4.78 is 24.5. The highest BCUT2D eigenvalue weighted by molar-refractivity contribution is 7.48. The highest BCUT2D eigenvalue weighted by atomic mass is 31.2. The SMILES string of the molecule is C/C=C\OP(=O)(OC)OC. The number of allylic oxidation sites excluding steroid dienone is 1. The zero-order valence-electron chi connectivity index (χ0n) is 6.23. The molecular formula is C5H11O4P. The van der Waals surface area contributed by atoms with Gasteiger partial charge < -0.3 is 4.52 Å². The normalized spacial score (nSPS) is 12.3. The Kier molecular flexibility index (Phi) is 4.36. The molecule has 0 aromatic heterocycles. The maximum atomic E-state index is 11.0. The van der Waals surface area contributed by atoms with E-state index in [2.05, 4.69) is 13.6 Å². The van der Waals surface area contributed by atoms with Crippen molar-refractivity contribution in [2.45, 2.75) is 6.92 Å². The average Bonchev–Trinajstić information content (AvgIpc) is 2.00. The largest absolute Gasteiger partial charge is 0.528 e. The minimum Gasteiger partial charge on any atom is -0.412 e. The Morgan fingerprint density at radius 3 is 2.10 bits per heavy atom. The Hall–Kier alpha value is -0.310. The molecule has 0 radical (unpaired) electrons. The lowest BCUT2D eigenvalue weighted by molar-refractivity contribution is 0.193. The van der Waals surface area contributed by atoms with Crippen molar-refractivity contribution in [3.63, 3.8) is 0 Å². The lowest BCUT2D eigenvalue weighted by Crippen LogP contribution is -1.88. The molecule has 0 saturated carbocycles. The molecule has 0 aliphatic carbocycles. The summed E-state index contributed by atoms with van der Waals surface area (Å²) in [6.07, 6.45) is 2.85. The van der Waals surface area contributed by atoms with E-state index < -0.39 is 7.82 Å². The molecule has 4 nitrogen and oxygen atoms in total. The van der Waals surface area contributed by atoms with Crippen LogP contribution in [-0.2, 0) is 18.1 Å². The van der Waals surface area contributed by atoms with Crippen LogP contribution in [0.5, 0.6) is 0 Å². The first-order valence-electron chi connectivity index (χ1n) is 2.69. The highest BCUT2D eigenvalue weighted by Crippen LogP contribution is 2.47. The smallest absolute Gasteiger partial charge is 0.412 e. The summed E-state index contributed by atoms with van der Waals surface area (Å²) >= 11 is 0. The van der Waals surface area contributed by atoms with Gasteiger partial charge in [0, 0.05) is 14.2 Å². The van der Waals surface area contributed by atoms with E-state index in [1.807, 2.05) is 0 Å².